The molecule has 0 bridgehead atoms. The van der Waals surface area contributed by atoms with Crippen LogP contribution >= 0.6 is 11.6 Å². The first kappa shape index (κ1) is 21.2. The van der Waals surface area contributed by atoms with Gasteiger partial charge in [-0.25, -0.2) is 4.98 Å². The molecule has 0 spiro atoms. The molecule has 0 radical (unpaired) electrons. The number of carbonyl (C=O) groups is 1. The zero-order chi connectivity index (χ0) is 20.9. The minimum absolute atomic E-state index is 0.258. The van der Waals surface area contributed by atoms with E-state index in [9.17, 15) is 4.79 Å². The van der Waals surface area contributed by atoms with Crippen molar-refractivity contribution in [1.29, 1.82) is 0 Å². The van der Waals surface area contributed by atoms with Crippen LogP contribution in [0, 0.1) is 6.92 Å². The fourth-order valence-electron chi connectivity index (χ4n) is 4.22. The number of halogens is 1. The van der Waals surface area contributed by atoms with Gasteiger partial charge in [0.2, 0.25) is 5.91 Å². The van der Waals surface area contributed by atoms with Crippen LogP contribution in [0.4, 0.5) is 5.69 Å². The minimum atomic E-state index is 0.258. The van der Waals surface area contributed by atoms with Crippen LogP contribution in [0.1, 0.15) is 5.82 Å². The van der Waals surface area contributed by atoms with Gasteiger partial charge < -0.3 is 14.4 Å². The Balaban J connectivity index is 1.16. The highest BCUT2D eigenvalue weighted by atomic mass is 35.5. The van der Waals surface area contributed by atoms with Crippen molar-refractivity contribution < 1.29 is 4.79 Å². The van der Waals surface area contributed by atoms with Gasteiger partial charge in [0.15, 0.2) is 0 Å². The summed E-state index contributed by atoms with van der Waals surface area (Å²) in [6.07, 6.45) is 3.89. The number of imidazole rings is 1. The molecule has 2 aromatic rings. The summed E-state index contributed by atoms with van der Waals surface area (Å²) in [5.74, 6) is 1.32. The molecule has 162 valence electrons. The lowest BCUT2D eigenvalue weighted by Gasteiger charge is -2.38. The Morgan fingerprint density at radius 1 is 0.933 bits per heavy atom. The number of aryl methyl sites for hydroxylation is 1. The number of hydrogen-bond acceptors (Lipinski definition) is 5. The Morgan fingerprint density at radius 3 is 2.23 bits per heavy atom. The summed E-state index contributed by atoms with van der Waals surface area (Å²) in [5, 5.41) is 0.754. The van der Waals surface area contributed by atoms with Gasteiger partial charge in [0.25, 0.3) is 0 Å². The quantitative estimate of drug-likeness (QED) is 0.699. The molecule has 7 nitrogen and oxygen atoms in total. The number of rotatable bonds is 6. The maximum atomic E-state index is 12.8. The van der Waals surface area contributed by atoms with Gasteiger partial charge in [-0.3, -0.25) is 14.6 Å². The van der Waals surface area contributed by atoms with E-state index in [0.717, 1.165) is 76.3 Å². The van der Waals surface area contributed by atoms with Crippen LogP contribution in [-0.2, 0) is 11.3 Å². The molecular weight excluding hydrogens is 400 g/mol. The second-order valence-corrected chi connectivity index (χ2v) is 8.57. The highest BCUT2D eigenvalue weighted by molar-refractivity contribution is 6.30. The number of piperazine rings is 2. The van der Waals surface area contributed by atoms with Crippen LogP contribution < -0.4 is 4.90 Å². The van der Waals surface area contributed by atoms with Gasteiger partial charge in [-0.05, 0) is 31.2 Å². The predicted octanol–water partition coefficient (Wildman–Crippen LogP) is 1.81. The number of nitrogens with zero attached hydrogens (tertiary/aromatic N) is 6. The van der Waals surface area contributed by atoms with Crippen LogP contribution in [-0.4, -0.2) is 95.6 Å². The first-order valence-corrected chi connectivity index (χ1v) is 11.2. The van der Waals surface area contributed by atoms with E-state index in [1.165, 1.54) is 5.69 Å². The van der Waals surface area contributed by atoms with Crippen molar-refractivity contribution in [2.24, 2.45) is 0 Å². The van der Waals surface area contributed by atoms with Gasteiger partial charge in [-0.2, -0.15) is 0 Å². The summed E-state index contributed by atoms with van der Waals surface area (Å²) in [6.45, 7) is 11.8. The van der Waals surface area contributed by atoms with E-state index >= 15 is 0 Å². The van der Waals surface area contributed by atoms with Crippen molar-refractivity contribution in [2.75, 3.05) is 70.3 Å². The highest BCUT2D eigenvalue weighted by Gasteiger charge is 2.24. The average molecular weight is 431 g/mol. The van der Waals surface area contributed by atoms with E-state index in [4.69, 9.17) is 11.6 Å². The van der Waals surface area contributed by atoms with E-state index in [1.807, 2.05) is 48.5 Å². The Morgan fingerprint density at radius 2 is 1.60 bits per heavy atom. The molecule has 1 aromatic heterocycles. The molecule has 3 heterocycles. The van der Waals surface area contributed by atoms with E-state index in [-0.39, 0.29) is 5.91 Å². The number of aromatic nitrogens is 2. The summed E-state index contributed by atoms with van der Waals surface area (Å²) in [6, 6.07) is 7.94. The molecule has 8 heteroatoms. The first-order chi connectivity index (χ1) is 14.6. The van der Waals surface area contributed by atoms with Crippen molar-refractivity contribution >= 4 is 23.2 Å². The summed E-state index contributed by atoms with van der Waals surface area (Å²) in [7, 11) is 0. The molecule has 0 aliphatic carbocycles. The van der Waals surface area contributed by atoms with Gasteiger partial charge in [0, 0.05) is 88.6 Å². The van der Waals surface area contributed by atoms with E-state index in [1.54, 1.807) is 0 Å². The Kier molecular flexibility index (Phi) is 6.92. The molecule has 4 rings (SSSR count). The number of amides is 1. The lowest BCUT2D eigenvalue weighted by molar-refractivity contribution is -0.133. The van der Waals surface area contributed by atoms with Crippen molar-refractivity contribution in [1.82, 2.24) is 24.3 Å². The molecule has 0 saturated carbocycles. The van der Waals surface area contributed by atoms with Crippen LogP contribution in [0.25, 0.3) is 0 Å². The molecular formula is C22H31ClN6O. The Labute approximate surface area is 183 Å². The van der Waals surface area contributed by atoms with Crippen molar-refractivity contribution in [3.8, 4) is 0 Å². The van der Waals surface area contributed by atoms with Gasteiger partial charge in [0.05, 0.1) is 6.54 Å². The summed E-state index contributed by atoms with van der Waals surface area (Å²) in [4.78, 5) is 26.2. The largest absolute Gasteiger partial charge is 0.368 e. The zero-order valence-corrected chi connectivity index (χ0v) is 18.5. The van der Waals surface area contributed by atoms with Crippen LogP contribution in [0.5, 0.6) is 0 Å². The SMILES string of the molecule is Cc1nccn1CCN1CCN(CC(=O)N2CCN(c3ccc(Cl)cc3)CC2)CC1. The van der Waals surface area contributed by atoms with E-state index in [0.29, 0.717) is 6.54 Å². The Hall–Kier alpha value is -2.09. The third-order valence-electron chi connectivity index (χ3n) is 6.23. The second kappa shape index (κ2) is 9.81. The van der Waals surface area contributed by atoms with Gasteiger partial charge in [-0.1, -0.05) is 11.6 Å². The fourth-order valence-corrected chi connectivity index (χ4v) is 4.34. The monoisotopic (exact) mass is 430 g/mol. The first-order valence-electron chi connectivity index (χ1n) is 10.8. The van der Waals surface area contributed by atoms with E-state index < -0.39 is 0 Å². The number of hydrogen-bond donors (Lipinski definition) is 0. The van der Waals surface area contributed by atoms with Crippen molar-refractivity contribution in [3.05, 3.63) is 47.5 Å². The minimum Gasteiger partial charge on any atom is -0.368 e. The smallest absolute Gasteiger partial charge is 0.236 e. The van der Waals surface area contributed by atoms with E-state index in [2.05, 4.69) is 24.3 Å². The normalized spacial score (nSPS) is 18.7. The van der Waals surface area contributed by atoms with Crippen molar-refractivity contribution in [3.63, 3.8) is 0 Å². The molecule has 30 heavy (non-hydrogen) atoms. The topological polar surface area (TPSA) is 47.9 Å². The number of anilines is 1. The summed E-state index contributed by atoms with van der Waals surface area (Å²) >= 11 is 5.98. The van der Waals surface area contributed by atoms with Crippen LogP contribution in [0.15, 0.2) is 36.7 Å². The molecule has 2 fully saturated rings. The number of carbonyl (C=O) groups excluding carboxylic acids is 1. The summed E-state index contributed by atoms with van der Waals surface area (Å²) in [5.41, 5.74) is 1.17. The molecule has 0 atom stereocenters. The fraction of sp³-hybridized carbons (Fsp3) is 0.545. The maximum Gasteiger partial charge on any atom is 0.236 e. The molecule has 2 aliphatic heterocycles. The molecule has 2 aliphatic rings. The third kappa shape index (κ3) is 5.33. The molecule has 2 saturated heterocycles. The second-order valence-electron chi connectivity index (χ2n) is 8.13. The van der Waals surface area contributed by atoms with Crippen LogP contribution in [0.3, 0.4) is 0 Å². The van der Waals surface area contributed by atoms with Gasteiger partial charge >= 0.3 is 0 Å². The lowest BCUT2D eigenvalue weighted by atomic mass is 10.2. The predicted molar refractivity (Wildman–Crippen MR) is 120 cm³/mol. The maximum absolute atomic E-state index is 12.8. The van der Waals surface area contributed by atoms with Gasteiger partial charge in [0.1, 0.15) is 5.82 Å². The molecule has 1 aromatic carbocycles. The highest BCUT2D eigenvalue weighted by Crippen LogP contribution is 2.19. The van der Waals surface area contributed by atoms with Gasteiger partial charge in [-0.15, -0.1) is 0 Å². The zero-order valence-electron chi connectivity index (χ0n) is 17.7. The molecule has 0 N–H and O–H groups in total. The van der Waals surface area contributed by atoms with Crippen molar-refractivity contribution in [2.45, 2.75) is 13.5 Å². The molecule has 1 amide bonds. The third-order valence-corrected chi connectivity index (χ3v) is 6.48. The molecule has 0 unspecified atom stereocenters. The average Bonchev–Trinajstić information content (AvgIpc) is 3.18. The standard InChI is InChI=1S/C22H31ClN6O/c1-19-24-6-7-27(19)13-12-25-8-10-26(11-9-25)18-22(30)29-16-14-28(15-17-29)21-4-2-20(23)3-5-21/h2-7H,8-18H2,1H3. The summed E-state index contributed by atoms with van der Waals surface area (Å²) < 4.78 is 2.19. The number of benzene rings is 1. The van der Waals surface area contributed by atoms with Crippen LogP contribution in [0.2, 0.25) is 5.02 Å². The lowest BCUT2D eigenvalue weighted by Crippen LogP contribution is -2.54. The Bertz CT molecular complexity index is 822.